The van der Waals surface area contributed by atoms with Gasteiger partial charge in [-0.05, 0) is 24.6 Å². The van der Waals surface area contributed by atoms with Crippen molar-refractivity contribution in [3.63, 3.8) is 0 Å². The number of ether oxygens (including phenoxy) is 1. The van der Waals surface area contributed by atoms with Crippen LogP contribution in [0.5, 0.6) is 0 Å². The molecule has 0 fully saturated rings. The number of nitrogens with zero attached hydrogens (tertiary/aromatic N) is 1. The van der Waals surface area contributed by atoms with Crippen molar-refractivity contribution >= 4 is 21.9 Å². The summed E-state index contributed by atoms with van der Waals surface area (Å²) in [6, 6.07) is 8.04. The fraction of sp³-hybridized carbons (Fsp3) is 0.357. The summed E-state index contributed by atoms with van der Waals surface area (Å²) in [5.41, 5.74) is 1.15. The van der Waals surface area contributed by atoms with Crippen molar-refractivity contribution in [3.8, 4) is 0 Å². The van der Waals surface area contributed by atoms with Gasteiger partial charge in [-0.15, -0.1) is 6.58 Å². The summed E-state index contributed by atoms with van der Waals surface area (Å²) in [4.78, 5) is 13.5. The normalized spacial score (nSPS) is 10.4. The van der Waals surface area contributed by atoms with Crippen LogP contribution in [0.25, 0.3) is 0 Å². The number of hydrogen-bond donors (Lipinski definition) is 0. The van der Waals surface area contributed by atoms with Crippen LogP contribution in [-0.2, 0) is 16.1 Å². The first-order valence-corrected chi connectivity index (χ1v) is 6.68. The monoisotopic (exact) mass is 311 g/mol. The standard InChI is InChI=1S/C14H18BrNO2/c1-3-8-16(11-14(17)18-4-2)10-12-6-5-7-13(15)9-12/h3,5-7,9H,1,4,8,10-11H2,2H3. The highest BCUT2D eigenvalue weighted by atomic mass is 79.9. The van der Waals surface area contributed by atoms with Crippen LogP contribution in [0.3, 0.4) is 0 Å². The van der Waals surface area contributed by atoms with Gasteiger partial charge in [-0.2, -0.15) is 0 Å². The van der Waals surface area contributed by atoms with Gasteiger partial charge in [0.25, 0.3) is 0 Å². The molecule has 0 heterocycles. The summed E-state index contributed by atoms with van der Waals surface area (Å²) < 4.78 is 5.99. The fourth-order valence-electron chi connectivity index (χ4n) is 1.65. The highest BCUT2D eigenvalue weighted by molar-refractivity contribution is 9.10. The van der Waals surface area contributed by atoms with E-state index in [1.165, 1.54) is 0 Å². The molecule has 0 bridgehead atoms. The Hall–Kier alpha value is -1.13. The number of hydrogen-bond acceptors (Lipinski definition) is 3. The molecule has 0 atom stereocenters. The van der Waals surface area contributed by atoms with Crippen molar-refractivity contribution in [1.82, 2.24) is 4.90 Å². The minimum atomic E-state index is -0.200. The second-order valence-corrected chi connectivity index (χ2v) is 4.81. The van der Waals surface area contributed by atoms with Crippen LogP contribution in [0, 0.1) is 0 Å². The zero-order valence-corrected chi connectivity index (χ0v) is 12.1. The molecule has 0 aliphatic carbocycles. The Morgan fingerprint density at radius 3 is 2.94 bits per heavy atom. The van der Waals surface area contributed by atoms with Gasteiger partial charge in [0.1, 0.15) is 0 Å². The molecule has 0 saturated carbocycles. The predicted molar refractivity (Wildman–Crippen MR) is 76.2 cm³/mol. The lowest BCUT2D eigenvalue weighted by Crippen LogP contribution is -2.30. The van der Waals surface area contributed by atoms with Crippen molar-refractivity contribution in [2.24, 2.45) is 0 Å². The second kappa shape index (κ2) is 8.06. The van der Waals surface area contributed by atoms with Crippen molar-refractivity contribution in [3.05, 3.63) is 47.0 Å². The first-order chi connectivity index (χ1) is 8.65. The molecule has 18 heavy (non-hydrogen) atoms. The Morgan fingerprint density at radius 2 is 2.33 bits per heavy atom. The molecule has 98 valence electrons. The molecule has 0 N–H and O–H groups in total. The maximum absolute atomic E-state index is 11.5. The minimum absolute atomic E-state index is 0.200. The largest absolute Gasteiger partial charge is 0.465 e. The summed E-state index contributed by atoms with van der Waals surface area (Å²) in [6.45, 7) is 7.57. The molecule has 0 amide bonds. The van der Waals surface area contributed by atoms with Gasteiger partial charge in [-0.3, -0.25) is 9.69 Å². The van der Waals surface area contributed by atoms with E-state index in [4.69, 9.17) is 4.74 Å². The highest BCUT2D eigenvalue weighted by Crippen LogP contribution is 2.13. The van der Waals surface area contributed by atoms with E-state index >= 15 is 0 Å². The number of benzene rings is 1. The highest BCUT2D eigenvalue weighted by Gasteiger charge is 2.10. The first kappa shape index (κ1) is 14.9. The SMILES string of the molecule is C=CCN(CC(=O)OCC)Cc1cccc(Br)c1. The topological polar surface area (TPSA) is 29.5 Å². The number of carbonyl (C=O) groups is 1. The molecule has 1 rings (SSSR count). The number of esters is 1. The van der Waals surface area contributed by atoms with E-state index in [9.17, 15) is 4.79 Å². The summed E-state index contributed by atoms with van der Waals surface area (Å²) in [7, 11) is 0. The van der Waals surface area contributed by atoms with Gasteiger partial charge < -0.3 is 4.74 Å². The molecule has 0 aromatic heterocycles. The molecule has 0 aliphatic rings. The maximum atomic E-state index is 11.5. The fourth-order valence-corrected chi connectivity index (χ4v) is 2.10. The van der Waals surface area contributed by atoms with E-state index < -0.39 is 0 Å². The van der Waals surface area contributed by atoms with Crippen molar-refractivity contribution < 1.29 is 9.53 Å². The first-order valence-electron chi connectivity index (χ1n) is 5.89. The number of rotatable bonds is 7. The molecule has 0 aliphatic heterocycles. The lowest BCUT2D eigenvalue weighted by Gasteiger charge is -2.19. The smallest absolute Gasteiger partial charge is 0.320 e. The lowest BCUT2D eigenvalue weighted by atomic mass is 10.2. The second-order valence-electron chi connectivity index (χ2n) is 3.89. The van der Waals surface area contributed by atoms with Crippen LogP contribution in [0.1, 0.15) is 12.5 Å². The Labute approximate surface area is 117 Å². The quantitative estimate of drug-likeness (QED) is 0.572. The zero-order valence-electron chi connectivity index (χ0n) is 10.6. The van der Waals surface area contributed by atoms with E-state index in [0.717, 1.165) is 10.0 Å². The molecule has 3 nitrogen and oxygen atoms in total. The summed E-state index contributed by atoms with van der Waals surface area (Å²) >= 11 is 3.44. The van der Waals surface area contributed by atoms with E-state index in [1.807, 2.05) is 36.1 Å². The Kier molecular flexibility index (Phi) is 6.68. The summed E-state index contributed by atoms with van der Waals surface area (Å²) in [5.74, 6) is -0.200. The number of carbonyl (C=O) groups excluding carboxylic acids is 1. The molecule has 1 aromatic carbocycles. The Morgan fingerprint density at radius 1 is 1.56 bits per heavy atom. The van der Waals surface area contributed by atoms with Gasteiger partial charge in [-0.1, -0.05) is 34.1 Å². The minimum Gasteiger partial charge on any atom is -0.465 e. The van der Waals surface area contributed by atoms with Crippen LogP contribution in [0.4, 0.5) is 0 Å². The summed E-state index contributed by atoms with van der Waals surface area (Å²) in [5, 5.41) is 0. The Balaban J connectivity index is 2.62. The summed E-state index contributed by atoms with van der Waals surface area (Å²) in [6.07, 6.45) is 1.79. The third-order valence-electron chi connectivity index (χ3n) is 2.34. The van der Waals surface area contributed by atoms with Crippen LogP contribution in [0.2, 0.25) is 0 Å². The van der Waals surface area contributed by atoms with Crippen molar-refractivity contribution in [2.75, 3.05) is 19.7 Å². The average Bonchev–Trinajstić information content (AvgIpc) is 2.29. The van der Waals surface area contributed by atoms with E-state index in [1.54, 1.807) is 6.08 Å². The van der Waals surface area contributed by atoms with Crippen molar-refractivity contribution in [2.45, 2.75) is 13.5 Å². The molecule has 0 radical (unpaired) electrons. The van der Waals surface area contributed by atoms with Gasteiger partial charge >= 0.3 is 5.97 Å². The van der Waals surface area contributed by atoms with Crippen LogP contribution in [-0.4, -0.2) is 30.6 Å². The zero-order chi connectivity index (χ0) is 13.4. The van der Waals surface area contributed by atoms with Crippen LogP contribution in [0.15, 0.2) is 41.4 Å². The lowest BCUT2D eigenvalue weighted by molar-refractivity contribution is -0.144. The number of halogens is 1. The van der Waals surface area contributed by atoms with E-state index in [0.29, 0.717) is 19.7 Å². The average molecular weight is 312 g/mol. The molecular formula is C14H18BrNO2. The molecule has 1 aromatic rings. The molecule has 0 unspecified atom stereocenters. The third-order valence-corrected chi connectivity index (χ3v) is 2.83. The van der Waals surface area contributed by atoms with Crippen molar-refractivity contribution in [1.29, 1.82) is 0 Å². The van der Waals surface area contributed by atoms with E-state index in [2.05, 4.69) is 22.5 Å². The van der Waals surface area contributed by atoms with E-state index in [-0.39, 0.29) is 12.5 Å². The Bertz CT molecular complexity index is 407. The molecule has 0 spiro atoms. The third kappa shape index (κ3) is 5.47. The van der Waals surface area contributed by atoms with Crippen LogP contribution >= 0.6 is 15.9 Å². The predicted octanol–water partition coefficient (Wildman–Crippen LogP) is 3.00. The van der Waals surface area contributed by atoms with Gasteiger partial charge in [0.2, 0.25) is 0 Å². The molecular weight excluding hydrogens is 294 g/mol. The van der Waals surface area contributed by atoms with Crippen LogP contribution < -0.4 is 0 Å². The van der Waals surface area contributed by atoms with Gasteiger partial charge in [-0.25, -0.2) is 0 Å². The van der Waals surface area contributed by atoms with Gasteiger partial charge in [0, 0.05) is 17.6 Å². The maximum Gasteiger partial charge on any atom is 0.320 e. The molecule has 4 heteroatoms. The molecule has 0 saturated heterocycles. The van der Waals surface area contributed by atoms with Gasteiger partial charge in [0.05, 0.1) is 13.2 Å². The van der Waals surface area contributed by atoms with Gasteiger partial charge in [0.15, 0.2) is 0 Å².